The molecule has 1 aliphatic heterocycles. The molecule has 0 radical (unpaired) electrons. The van der Waals surface area contributed by atoms with Gasteiger partial charge in [-0.25, -0.2) is 0 Å². The first-order valence-electron chi connectivity index (χ1n) is 20.6. The molecule has 8 aromatic carbocycles. The van der Waals surface area contributed by atoms with Gasteiger partial charge in [-0.05, 0) is 120 Å². The Labute approximate surface area is 350 Å². The summed E-state index contributed by atoms with van der Waals surface area (Å²) in [7, 11) is 0. The fourth-order valence-electron chi connectivity index (χ4n) is 8.64. The lowest BCUT2D eigenvalue weighted by atomic mass is 9.87. The molecule has 10 rings (SSSR count). The van der Waals surface area contributed by atoms with Crippen LogP contribution in [0.2, 0.25) is 0 Å². The molecule has 0 fully saturated rings. The predicted octanol–water partition coefficient (Wildman–Crippen LogP) is 13.4. The van der Waals surface area contributed by atoms with Crippen LogP contribution in [0.1, 0.15) is 33.9 Å². The van der Waals surface area contributed by atoms with E-state index in [1.807, 2.05) is 30.6 Å². The molecule has 1 unspecified atom stereocenters. The predicted molar refractivity (Wildman–Crippen MR) is 256 cm³/mol. The van der Waals surface area contributed by atoms with Gasteiger partial charge in [-0.2, -0.15) is 0 Å². The molecule has 0 saturated heterocycles. The average Bonchev–Trinajstić information content (AvgIpc) is 3.31. The van der Waals surface area contributed by atoms with E-state index >= 15 is 0 Å². The van der Waals surface area contributed by atoms with Gasteiger partial charge in [0.2, 0.25) is 0 Å². The Morgan fingerprint density at radius 3 is 1.80 bits per heavy atom. The molecule has 1 atom stereocenters. The second-order valence-corrected chi connectivity index (χ2v) is 15.6. The molecular weight excluding hydrogens is 729 g/mol. The highest BCUT2D eigenvalue weighted by molar-refractivity contribution is 6.27. The van der Waals surface area contributed by atoms with Crippen LogP contribution in [0.25, 0.3) is 78.0 Å². The molecule has 5 N–H and O–H groups in total. The molecule has 0 amide bonds. The number of rotatable bonds is 10. The maximum Gasteiger partial charge on any atom is 0.0701 e. The van der Waals surface area contributed by atoms with E-state index in [2.05, 4.69) is 186 Å². The number of pyridine rings is 1. The van der Waals surface area contributed by atoms with Gasteiger partial charge in [-0.15, -0.1) is 0 Å². The topological polar surface area (TPSA) is 77.0 Å². The number of allylic oxidation sites excluding steroid dienone is 4. The fourth-order valence-corrected chi connectivity index (χ4v) is 8.64. The minimum Gasteiger partial charge on any atom is -0.397 e. The van der Waals surface area contributed by atoms with Gasteiger partial charge in [0.25, 0.3) is 0 Å². The first-order valence-corrected chi connectivity index (χ1v) is 20.6. The zero-order chi connectivity index (χ0) is 40.4. The van der Waals surface area contributed by atoms with Crippen LogP contribution in [0.4, 0.5) is 11.4 Å². The lowest BCUT2D eigenvalue weighted by molar-refractivity contribution is 0.746. The smallest absolute Gasteiger partial charge is 0.0701 e. The third-order valence-electron chi connectivity index (χ3n) is 11.8. The first-order chi connectivity index (χ1) is 29.6. The molecule has 9 aromatic rings. The number of aromatic nitrogens is 1. The number of hydrogen-bond acceptors (Lipinski definition) is 4. The van der Waals surface area contributed by atoms with Crippen LogP contribution >= 0.6 is 0 Å². The van der Waals surface area contributed by atoms with Crippen LogP contribution in [0.5, 0.6) is 0 Å². The maximum absolute atomic E-state index is 6.59. The van der Waals surface area contributed by atoms with Gasteiger partial charge in [-0.3, -0.25) is 4.98 Å². The van der Waals surface area contributed by atoms with Crippen LogP contribution in [-0.4, -0.2) is 4.98 Å². The second kappa shape index (κ2) is 15.9. The molecule has 4 heteroatoms. The first kappa shape index (κ1) is 36.6. The van der Waals surface area contributed by atoms with Crippen LogP contribution < -0.4 is 16.8 Å². The molecule has 4 nitrogen and oxygen atoms in total. The summed E-state index contributed by atoms with van der Waals surface area (Å²) in [5.74, 6) is 0. The Balaban J connectivity index is 0.865. The van der Waals surface area contributed by atoms with E-state index in [0.717, 1.165) is 35.2 Å². The van der Waals surface area contributed by atoms with Crippen LogP contribution in [0.15, 0.2) is 194 Å². The zero-order valence-corrected chi connectivity index (χ0v) is 33.2. The van der Waals surface area contributed by atoms with Crippen molar-refractivity contribution in [1.82, 2.24) is 10.3 Å². The summed E-state index contributed by atoms with van der Waals surface area (Å²) in [6, 6.07) is 54.9. The van der Waals surface area contributed by atoms with Crippen molar-refractivity contribution < 1.29 is 0 Å². The number of nitrogens with two attached hydrogens (primary N) is 2. The van der Waals surface area contributed by atoms with E-state index in [4.69, 9.17) is 11.5 Å². The highest BCUT2D eigenvalue weighted by Gasteiger charge is 2.16. The van der Waals surface area contributed by atoms with E-state index in [-0.39, 0.29) is 6.04 Å². The van der Waals surface area contributed by atoms with E-state index in [9.17, 15) is 0 Å². The van der Waals surface area contributed by atoms with Crippen molar-refractivity contribution in [3.05, 3.63) is 222 Å². The standard InChI is InChI=1S/C56H44N4/c57-55-44(11-5-8-37-16-18-40(19-17-37)51-14-1-3-34-59-51)24-25-45(56(55)58)12-6-9-38-10-7-13-46(36-38)48-31-27-43-28-32-49-47(30-26-42-29-33-50(48)54(43)53(42)49)39-20-22-41(23-21-39)52-15-2-4-35-60-52/h1-7,10-36,51,59H,8-9,57-58H2/b11-5-,12-6-. The highest BCUT2D eigenvalue weighted by Crippen LogP contribution is 2.42. The Morgan fingerprint density at radius 2 is 1.17 bits per heavy atom. The summed E-state index contributed by atoms with van der Waals surface area (Å²) in [6.45, 7) is 0. The van der Waals surface area contributed by atoms with Crippen molar-refractivity contribution in [2.24, 2.45) is 0 Å². The third kappa shape index (κ3) is 7.09. The largest absolute Gasteiger partial charge is 0.397 e. The van der Waals surface area contributed by atoms with E-state index < -0.39 is 0 Å². The summed E-state index contributed by atoms with van der Waals surface area (Å²) in [5.41, 5.74) is 26.9. The number of benzene rings is 8. The van der Waals surface area contributed by atoms with Gasteiger partial charge in [0, 0.05) is 11.8 Å². The number of nitrogens with one attached hydrogen (secondary N) is 1. The molecule has 1 aliphatic rings. The Bertz CT molecular complexity index is 3120. The summed E-state index contributed by atoms with van der Waals surface area (Å²) >= 11 is 0. The van der Waals surface area contributed by atoms with Gasteiger partial charge < -0.3 is 16.8 Å². The van der Waals surface area contributed by atoms with Crippen LogP contribution in [0.3, 0.4) is 0 Å². The Morgan fingerprint density at radius 1 is 0.533 bits per heavy atom. The fraction of sp³-hybridized carbons (Fsp3) is 0.0536. The molecule has 0 saturated carbocycles. The van der Waals surface area contributed by atoms with E-state index in [1.54, 1.807) is 0 Å². The highest BCUT2D eigenvalue weighted by atomic mass is 14.9. The Kier molecular flexibility index (Phi) is 9.72. The van der Waals surface area contributed by atoms with E-state index in [1.165, 1.54) is 71.3 Å². The second-order valence-electron chi connectivity index (χ2n) is 15.6. The summed E-state index contributed by atoms with van der Waals surface area (Å²) < 4.78 is 0. The SMILES string of the molecule is Nc1c(/C=C\Cc2ccc(C3C=CC=CN3)cc2)ccc(/C=C\Cc2cccc(-c3ccc4ccc5c(-c6ccc(-c7ccccn7)cc6)ccc6ccc3c4c65)c2)c1N. The van der Waals surface area contributed by atoms with E-state index in [0.29, 0.717) is 11.4 Å². The third-order valence-corrected chi connectivity index (χ3v) is 11.8. The molecule has 288 valence electrons. The average molecular weight is 773 g/mol. The maximum atomic E-state index is 6.59. The minimum atomic E-state index is 0.218. The van der Waals surface area contributed by atoms with Crippen molar-refractivity contribution in [3.63, 3.8) is 0 Å². The van der Waals surface area contributed by atoms with Gasteiger partial charge in [0.15, 0.2) is 0 Å². The molecular formula is C56H44N4. The van der Waals surface area contributed by atoms with Crippen molar-refractivity contribution >= 4 is 55.8 Å². The molecule has 60 heavy (non-hydrogen) atoms. The molecule has 1 aromatic heterocycles. The number of nitrogen functional groups attached to an aromatic ring is 2. The summed E-state index contributed by atoms with van der Waals surface area (Å²) in [4.78, 5) is 4.54. The van der Waals surface area contributed by atoms with Crippen LogP contribution in [0, 0.1) is 0 Å². The van der Waals surface area contributed by atoms with Crippen molar-refractivity contribution in [2.45, 2.75) is 18.9 Å². The minimum absolute atomic E-state index is 0.218. The van der Waals surface area contributed by atoms with Gasteiger partial charge in [-0.1, -0.05) is 176 Å². The molecule has 0 bridgehead atoms. The quantitative estimate of drug-likeness (QED) is 0.0956. The molecule has 2 heterocycles. The monoisotopic (exact) mass is 772 g/mol. The van der Waals surface area contributed by atoms with Gasteiger partial charge in [0.1, 0.15) is 0 Å². The number of nitrogens with zero attached hydrogens (tertiary/aromatic N) is 1. The summed E-state index contributed by atoms with van der Waals surface area (Å²) in [5, 5.41) is 11.0. The van der Waals surface area contributed by atoms with Crippen molar-refractivity contribution in [1.29, 1.82) is 0 Å². The zero-order valence-electron chi connectivity index (χ0n) is 33.2. The molecule has 0 aliphatic carbocycles. The summed E-state index contributed by atoms with van der Waals surface area (Å²) in [6.07, 6.45) is 20.1. The van der Waals surface area contributed by atoms with Gasteiger partial charge in [0.05, 0.1) is 23.1 Å². The Hall–Kier alpha value is -7.69. The lowest BCUT2D eigenvalue weighted by Gasteiger charge is -2.17. The van der Waals surface area contributed by atoms with Crippen LogP contribution in [-0.2, 0) is 12.8 Å². The number of anilines is 2. The van der Waals surface area contributed by atoms with Crippen molar-refractivity contribution in [3.8, 4) is 33.5 Å². The number of dihydropyridines is 1. The molecule has 0 spiro atoms. The van der Waals surface area contributed by atoms with Crippen molar-refractivity contribution in [2.75, 3.05) is 11.5 Å². The number of hydrogen-bond donors (Lipinski definition) is 3. The normalized spacial score (nSPS) is 14.0. The van der Waals surface area contributed by atoms with Gasteiger partial charge >= 0.3 is 0 Å². The lowest BCUT2D eigenvalue weighted by Crippen LogP contribution is -2.14.